The van der Waals surface area contributed by atoms with Gasteiger partial charge in [-0.2, -0.15) is 0 Å². The first-order valence-electron chi connectivity index (χ1n) is 10.5. The summed E-state index contributed by atoms with van der Waals surface area (Å²) in [6.45, 7) is 1.73. The number of pyridine rings is 1. The molecule has 2 unspecified atom stereocenters. The number of aromatic nitrogens is 1. The Morgan fingerprint density at radius 2 is 1.86 bits per heavy atom. The SMILES string of the molecule is O=C1CCc2cc(/C=C/C(=O)N3CC4CC(c5ccccc5)CC4C3)cnc2N1. The first kappa shape index (κ1) is 18.1. The van der Waals surface area contributed by atoms with E-state index in [9.17, 15) is 9.59 Å². The smallest absolute Gasteiger partial charge is 0.246 e. The molecule has 0 spiro atoms. The van der Waals surface area contributed by atoms with Crippen LogP contribution in [0.2, 0.25) is 0 Å². The Bertz CT molecular complexity index is 955. The predicted molar refractivity (Wildman–Crippen MR) is 112 cm³/mol. The molecule has 2 aliphatic heterocycles. The van der Waals surface area contributed by atoms with E-state index >= 15 is 0 Å². The number of anilines is 1. The molecule has 0 radical (unpaired) electrons. The van der Waals surface area contributed by atoms with Crippen molar-refractivity contribution in [1.82, 2.24) is 9.88 Å². The minimum absolute atomic E-state index is 0.0116. The van der Waals surface area contributed by atoms with Crippen LogP contribution in [0.15, 0.2) is 48.7 Å². The van der Waals surface area contributed by atoms with Crippen LogP contribution in [0.5, 0.6) is 0 Å². The van der Waals surface area contributed by atoms with Crippen molar-refractivity contribution in [2.24, 2.45) is 11.8 Å². The molecule has 5 rings (SSSR count). The number of hydrogen-bond acceptors (Lipinski definition) is 3. The van der Waals surface area contributed by atoms with Crippen molar-refractivity contribution in [1.29, 1.82) is 0 Å². The van der Waals surface area contributed by atoms with E-state index in [-0.39, 0.29) is 11.8 Å². The molecule has 3 heterocycles. The van der Waals surface area contributed by atoms with Gasteiger partial charge in [0.05, 0.1) is 0 Å². The Balaban J connectivity index is 1.19. The van der Waals surface area contributed by atoms with Gasteiger partial charge in [0.15, 0.2) is 0 Å². The highest BCUT2D eigenvalue weighted by Gasteiger charge is 2.42. The molecule has 5 heteroatoms. The van der Waals surface area contributed by atoms with Crippen molar-refractivity contribution in [2.45, 2.75) is 31.6 Å². The lowest BCUT2D eigenvalue weighted by atomic mass is 9.96. The number of fused-ring (bicyclic) bond motifs is 2. The van der Waals surface area contributed by atoms with Gasteiger partial charge in [0.1, 0.15) is 5.82 Å². The van der Waals surface area contributed by atoms with Crippen molar-refractivity contribution in [3.05, 3.63) is 65.4 Å². The number of nitrogens with zero attached hydrogens (tertiary/aromatic N) is 2. The molecule has 3 aliphatic rings. The molecule has 1 aliphatic carbocycles. The molecule has 1 saturated heterocycles. The molecule has 1 saturated carbocycles. The molecule has 5 nitrogen and oxygen atoms in total. The van der Waals surface area contributed by atoms with Gasteiger partial charge in [0.2, 0.25) is 11.8 Å². The number of hydrogen-bond donors (Lipinski definition) is 1. The number of carbonyl (C=O) groups excluding carboxylic acids is 2. The predicted octanol–water partition coefficient (Wildman–Crippen LogP) is 3.63. The first-order valence-corrected chi connectivity index (χ1v) is 10.5. The Morgan fingerprint density at radius 1 is 1.10 bits per heavy atom. The molecule has 2 aromatic rings. The van der Waals surface area contributed by atoms with E-state index in [4.69, 9.17) is 0 Å². The fourth-order valence-corrected chi connectivity index (χ4v) is 5.12. The summed E-state index contributed by atoms with van der Waals surface area (Å²) in [6, 6.07) is 12.8. The Labute approximate surface area is 170 Å². The third-order valence-corrected chi connectivity index (χ3v) is 6.62. The second kappa shape index (κ2) is 7.47. The highest BCUT2D eigenvalue weighted by molar-refractivity contribution is 5.94. The Hall–Kier alpha value is -2.95. The quantitative estimate of drug-likeness (QED) is 0.818. The average Bonchev–Trinajstić information content (AvgIpc) is 3.32. The molecule has 148 valence electrons. The summed E-state index contributed by atoms with van der Waals surface area (Å²) in [5.41, 5.74) is 3.37. The van der Waals surface area contributed by atoms with E-state index in [0.717, 1.165) is 24.2 Å². The summed E-state index contributed by atoms with van der Waals surface area (Å²) in [7, 11) is 0. The molecule has 2 atom stereocenters. The topological polar surface area (TPSA) is 62.3 Å². The number of nitrogens with one attached hydrogen (secondary N) is 1. The number of likely N-dealkylation sites (tertiary alicyclic amines) is 1. The number of amides is 2. The zero-order valence-electron chi connectivity index (χ0n) is 16.4. The van der Waals surface area contributed by atoms with Crippen molar-refractivity contribution < 1.29 is 9.59 Å². The lowest BCUT2D eigenvalue weighted by Crippen LogP contribution is -2.28. The van der Waals surface area contributed by atoms with Gasteiger partial charge < -0.3 is 10.2 Å². The van der Waals surface area contributed by atoms with Crippen LogP contribution >= 0.6 is 0 Å². The molecule has 0 bridgehead atoms. The van der Waals surface area contributed by atoms with Gasteiger partial charge in [0, 0.05) is 31.8 Å². The van der Waals surface area contributed by atoms with E-state index in [1.54, 1.807) is 12.3 Å². The summed E-state index contributed by atoms with van der Waals surface area (Å²) in [6.07, 6.45) is 8.76. The molecule has 1 aromatic heterocycles. The zero-order chi connectivity index (χ0) is 19.8. The van der Waals surface area contributed by atoms with E-state index in [0.29, 0.717) is 36.4 Å². The van der Waals surface area contributed by atoms with Gasteiger partial charge in [-0.3, -0.25) is 9.59 Å². The lowest BCUT2D eigenvalue weighted by Gasteiger charge is -2.18. The molecule has 2 fully saturated rings. The van der Waals surface area contributed by atoms with Crippen LogP contribution < -0.4 is 5.32 Å². The summed E-state index contributed by atoms with van der Waals surface area (Å²) in [5.74, 6) is 2.61. The van der Waals surface area contributed by atoms with Crippen molar-refractivity contribution in [3.8, 4) is 0 Å². The fraction of sp³-hybridized carbons (Fsp3) is 0.375. The Kier molecular flexibility index (Phi) is 4.66. The highest BCUT2D eigenvalue weighted by atomic mass is 16.2. The Morgan fingerprint density at radius 3 is 2.62 bits per heavy atom. The van der Waals surface area contributed by atoms with Crippen LogP contribution in [0, 0.1) is 11.8 Å². The second-order valence-corrected chi connectivity index (χ2v) is 8.50. The molecule has 29 heavy (non-hydrogen) atoms. The summed E-state index contributed by atoms with van der Waals surface area (Å²) in [5, 5.41) is 2.79. The number of carbonyl (C=O) groups is 2. The monoisotopic (exact) mass is 387 g/mol. The van der Waals surface area contributed by atoms with Crippen LogP contribution in [0.25, 0.3) is 6.08 Å². The molecule has 1 N–H and O–H groups in total. The second-order valence-electron chi connectivity index (χ2n) is 8.50. The van der Waals surface area contributed by atoms with Gasteiger partial charge in [-0.05, 0) is 65.8 Å². The molecule has 2 amide bonds. The third-order valence-electron chi connectivity index (χ3n) is 6.62. The van der Waals surface area contributed by atoms with Gasteiger partial charge in [-0.25, -0.2) is 4.98 Å². The van der Waals surface area contributed by atoms with Gasteiger partial charge in [-0.15, -0.1) is 0 Å². The van der Waals surface area contributed by atoms with Crippen molar-refractivity contribution in [3.63, 3.8) is 0 Å². The standard InChI is InChI=1S/C24H25N3O2/c28-22-8-7-18-10-16(13-25-24(18)26-22)6-9-23(29)27-14-20-11-19(12-21(20)15-27)17-4-2-1-3-5-17/h1-6,9-10,13,19-21H,7-8,11-12,14-15H2,(H,25,26,28)/b9-6+. The minimum atomic E-state index is 0.0116. The maximum atomic E-state index is 12.7. The van der Waals surface area contributed by atoms with Gasteiger partial charge >= 0.3 is 0 Å². The van der Waals surface area contributed by atoms with Crippen molar-refractivity contribution in [2.75, 3.05) is 18.4 Å². The lowest BCUT2D eigenvalue weighted by molar-refractivity contribution is -0.125. The average molecular weight is 387 g/mol. The van der Waals surface area contributed by atoms with Crippen LogP contribution in [0.4, 0.5) is 5.82 Å². The number of benzene rings is 1. The van der Waals surface area contributed by atoms with Gasteiger partial charge in [-0.1, -0.05) is 30.3 Å². The third kappa shape index (κ3) is 3.69. The maximum Gasteiger partial charge on any atom is 0.246 e. The molecule has 1 aromatic carbocycles. The zero-order valence-corrected chi connectivity index (χ0v) is 16.4. The van der Waals surface area contributed by atoms with Crippen LogP contribution in [-0.2, 0) is 16.0 Å². The summed E-state index contributed by atoms with van der Waals surface area (Å²) < 4.78 is 0. The summed E-state index contributed by atoms with van der Waals surface area (Å²) in [4.78, 5) is 30.5. The number of aryl methyl sites for hydroxylation is 1. The number of rotatable bonds is 3. The first-order chi connectivity index (χ1) is 14.2. The van der Waals surface area contributed by atoms with Crippen LogP contribution in [0.3, 0.4) is 0 Å². The highest BCUT2D eigenvalue weighted by Crippen LogP contribution is 2.46. The summed E-state index contributed by atoms with van der Waals surface area (Å²) >= 11 is 0. The van der Waals surface area contributed by atoms with Crippen LogP contribution in [0.1, 0.15) is 41.9 Å². The fourth-order valence-electron chi connectivity index (χ4n) is 5.12. The normalized spacial score (nSPS) is 25.7. The van der Waals surface area contributed by atoms with E-state index in [1.807, 2.05) is 17.0 Å². The molecular formula is C24H25N3O2. The maximum absolute atomic E-state index is 12.7. The van der Waals surface area contributed by atoms with E-state index < -0.39 is 0 Å². The van der Waals surface area contributed by atoms with Crippen molar-refractivity contribution >= 4 is 23.7 Å². The molecular weight excluding hydrogens is 362 g/mol. The van der Waals surface area contributed by atoms with Crippen LogP contribution in [-0.4, -0.2) is 34.8 Å². The van der Waals surface area contributed by atoms with E-state index in [1.165, 1.54) is 18.4 Å². The minimum Gasteiger partial charge on any atom is -0.339 e. The van der Waals surface area contributed by atoms with Gasteiger partial charge in [0.25, 0.3) is 0 Å². The van der Waals surface area contributed by atoms with E-state index in [2.05, 4.69) is 40.6 Å². The largest absolute Gasteiger partial charge is 0.339 e.